The Labute approximate surface area is 184 Å². The standard InChI is InChI=1S/C25H33NO5/c1-15(2)22(23(28)31-14-20(27)19-6-4-5-7-21(19)30-3)26-24(29)25-11-16-8-17(12-25)10-18(9-16)13-25/h4-7,15-18,22H,8-14H2,1-3H3,(H,26,29)/t16?,17?,18?,22-,25?/m1/s1. The van der Waals surface area contributed by atoms with Gasteiger partial charge in [0.25, 0.3) is 0 Å². The molecule has 6 heteroatoms. The zero-order valence-electron chi connectivity index (χ0n) is 18.7. The number of carbonyl (C=O) groups excluding carboxylic acids is 3. The van der Waals surface area contributed by atoms with Gasteiger partial charge in [-0.2, -0.15) is 0 Å². The largest absolute Gasteiger partial charge is 0.496 e. The van der Waals surface area contributed by atoms with Crippen LogP contribution < -0.4 is 10.1 Å². The molecule has 4 saturated carbocycles. The fourth-order valence-corrected chi connectivity index (χ4v) is 6.36. The number of rotatable bonds is 8. The van der Waals surface area contributed by atoms with Crippen molar-refractivity contribution >= 4 is 17.7 Å². The van der Waals surface area contributed by atoms with Crippen molar-refractivity contribution in [3.05, 3.63) is 29.8 Å². The Morgan fingerprint density at radius 3 is 2.16 bits per heavy atom. The summed E-state index contributed by atoms with van der Waals surface area (Å²) in [5.41, 5.74) is 0.0477. The molecular formula is C25H33NO5. The summed E-state index contributed by atoms with van der Waals surface area (Å²) in [5.74, 6) is 1.38. The van der Waals surface area contributed by atoms with E-state index >= 15 is 0 Å². The summed E-state index contributed by atoms with van der Waals surface area (Å²) >= 11 is 0. The van der Waals surface area contributed by atoms with Crippen LogP contribution in [-0.4, -0.2) is 37.4 Å². The molecule has 168 valence electrons. The van der Waals surface area contributed by atoms with Crippen molar-refractivity contribution in [1.29, 1.82) is 0 Å². The van der Waals surface area contributed by atoms with Gasteiger partial charge in [-0.05, 0) is 74.3 Å². The molecule has 6 nitrogen and oxygen atoms in total. The lowest BCUT2D eigenvalue weighted by Crippen LogP contribution is -2.57. The van der Waals surface area contributed by atoms with Gasteiger partial charge in [0.2, 0.25) is 11.7 Å². The monoisotopic (exact) mass is 427 g/mol. The highest BCUT2D eigenvalue weighted by Crippen LogP contribution is 2.60. The molecule has 1 aromatic carbocycles. The van der Waals surface area contributed by atoms with E-state index < -0.39 is 12.0 Å². The third kappa shape index (κ3) is 4.35. The fourth-order valence-electron chi connectivity index (χ4n) is 6.36. The molecule has 5 rings (SSSR count). The number of hydrogen-bond donors (Lipinski definition) is 1. The molecule has 31 heavy (non-hydrogen) atoms. The highest BCUT2D eigenvalue weighted by molar-refractivity contribution is 6.00. The zero-order valence-corrected chi connectivity index (χ0v) is 18.7. The van der Waals surface area contributed by atoms with Crippen molar-refractivity contribution in [3.63, 3.8) is 0 Å². The van der Waals surface area contributed by atoms with Crippen LogP contribution in [0.2, 0.25) is 0 Å². The van der Waals surface area contributed by atoms with Crippen LogP contribution >= 0.6 is 0 Å². The number of hydrogen-bond acceptors (Lipinski definition) is 5. The van der Waals surface area contributed by atoms with Gasteiger partial charge in [0.15, 0.2) is 6.61 Å². The number of Topliss-reactive ketones (excluding diaryl/α,β-unsaturated/α-hetero) is 1. The lowest BCUT2D eigenvalue weighted by Gasteiger charge is -2.55. The molecule has 0 aliphatic heterocycles. The normalized spacial score (nSPS) is 29.5. The summed E-state index contributed by atoms with van der Waals surface area (Å²) in [6.07, 6.45) is 6.60. The Morgan fingerprint density at radius 1 is 1.03 bits per heavy atom. The minimum atomic E-state index is -0.758. The van der Waals surface area contributed by atoms with Crippen LogP contribution in [0.3, 0.4) is 0 Å². The van der Waals surface area contributed by atoms with Crippen molar-refractivity contribution in [3.8, 4) is 5.75 Å². The Bertz CT molecular complexity index is 826. The van der Waals surface area contributed by atoms with Crippen molar-refractivity contribution < 1.29 is 23.9 Å². The number of amides is 1. The number of esters is 1. The molecule has 0 radical (unpaired) electrons. The Morgan fingerprint density at radius 2 is 1.61 bits per heavy atom. The molecule has 1 aromatic rings. The van der Waals surface area contributed by atoms with Gasteiger partial charge in [0.1, 0.15) is 11.8 Å². The van der Waals surface area contributed by atoms with E-state index in [1.807, 2.05) is 13.8 Å². The Hall–Kier alpha value is -2.37. The number of methoxy groups -OCH3 is 1. The Balaban J connectivity index is 1.39. The number of ketones is 1. The van der Waals surface area contributed by atoms with Crippen molar-refractivity contribution in [1.82, 2.24) is 5.32 Å². The quantitative estimate of drug-likeness (QED) is 0.504. The molecule has 0 spiro atoms. The van der Waals surface area contributed by atoms with Crippen LogP contribution in [0.4, 0.5) is 0 Å². The smallest absolute Gasteiger partial charge is 0.329 e. The summed E-state index contributed by atoms with van der Waals surface area (Å²) in [7, 11) is 1.49. The average molecular weight is 428 g/mol. The maximum Gasteiger partial charge on any atom is 0.329 e. The fraction of sp³-hybridized carbons (Fsp3) is 0.640. The van der Waals surface area contributed by atoms with E-state index in [9.17, 15) is 14.4 Å². The molecule has 0 unspecified atom stereocenters. The maximum absolute atomic E-state index is 13.4. The molecule has 4 bridgehead atoms. The number of carbonyl (C=O) groups is 3. The average Bonchev–Trinajstić information content (AvgIpc) is 2.74. The van der Waals surface area contributed by atoms with Crippen LogP contribution in [0.25, 0.3) is 0 Å². The third-order valence-electron chi connectivity index (χ3n) is 7.48. The minimum absolute atomic E-state index is 0.00157. The van der Waals surface area contributed by atoms with Crippen LogP contribution in [0.1, 0.15) is 62.7 Å². The zero-order chi connectivity index (χ0) is 22.2. The maximum atomic E-state index is 13.4. The SMILES string of the molecule is COc1ccccc1C(=O)COC(=O)[C@H](NC(=O)C12CC3CC(CC(C3)C1)C2)C(C)C. The first-order valence-corrected chi connectivity index (χ1v) is 11.4. The highest BCUT2D eigenvalue weighted by atomic mass is 16.5. The van der Waals surface area contributed by atoms with Crippen molar-refractivity contribution in [2.75, 3.05) is 13.7 Å². The van der Waals surface area contributed by atoms with E-state index in [4.69, 9.17) is 9.47 Å². The third-order valence-corrected chi connectivity index (χ3v) is 7.48. The van der Waals surface area contributed by atoms with E-state index in [1.54, 1.807) is 24.3 Å². The summed E-state index contributed by atoms with van der Waals surface area (Å²) in [6, 6.07) is 6.09. The van der Waals surface area contributed by atoms with Crippen LogP contribution in [0.15, 0.2) is 24.3 Å². The first-order valence-electron chi connectivity index (χ1n) is 11.4. The molecule has 0 saturated heterocycles. The summed E-state index contributed by atoms with van der Waals surface area (Å²) in [4.78, 5) is 38.7. The van der Waals surface area contributed by atoms with Crippen LogP contribution in [0, 0.1) is 29.1 Å². The highest BCUT2D eigenvalue weighted by Gasteiger charge is 2.55. The second-order valence-corrected chi connectivity index (χ2v) is 10.1. The minimum Gasteiger partial charge on any atom is -0.496 e. The first kappa shape index (κ1) is 21.8. The van der Waals surface area contributed by atoms with Gasteiger partial charge in [-0.15, -0.1) is 0 Å². The first-order chi connectivity index (χ1) is 14.8. The van der Waals surface area contributed by atoms with E-state index in [-0.39, 0.29) is 29.6 Å². The lowest BCUT2D eigenvalue weighted by molar-refractivity contribution is -0.154. The van der Waals surface area contributed by atoms with Crippen molar-refractivity contribution in [2.24, 2.45) is 29.1 Å². The predicted molar refractivity (Wildman–Crippen MR) is 116 cm³/mol. The molecule has 4 aliphatic carbocycles. The van der Waals surface area contributed by atoms with Gasteiger partial charge < -0.3 is 14.8 Å². The number of para-hydroxylation sites is 1. The second kappa shape index (κ2) is 8.64. The topological polar surface area (TPSA) is 81.7 Å². The van der Waals surface area contributed by atoms with Gasteiger partial charge in [-0.3, -0.25) is 9.59 Å². The van der Waals surface area contributed by atoms with Crippen LogP contribution in [0.5, 0.6) is 5.75 Å². The number of ether oxygens (including phenoxy) is 2. The molecule has 4 aliphatic rings. The number of benzene rings is 1. The van der Waals surface area contributed by atoms with Gasteiger partial charge in [0.05, 0.1) is 12.7 Å². The molecule has 1 N–H and O–H groups in total. The molecular weight excluding hydrogens is 394 g/mol. The molecule has 0 heterocycles. The summed E-state index contributed by atoms with van der Waals surface area (Å²) in [5, 5.41) is 3.01. The van der Waals surface area contributed by atoms with E-state index in [0.717, 1.165) is 19.3 Å². The molecule has 0 aromatic heterocycles. The lowest BCUT2D eigenvalue weighted by atomic mass is 9.49. The van der Waals surface area contributed by atoms with Gasteiger partial charge in [-0.25, -0.2) is 4.79 Å². The molecule has 1 amide bonds. The van der Waals surface area contributed by atoms with Crippen molar-refractivity contribution in [2.45, 2.75) is 58.4 Å². The summed E-state index contributed by atoms with van der Waals surface area (Å²) in [6.45, 7) is 3.39. The molecule has 1 atom stereocenters. The summed E-state index contributed by atoms with van der Waals surface area (Å²) < 4.78 is 10.6. The van der Waals surface area contributed by atoms with E-state index in [1.165, 1.54) is 26.4 Å². The van der Waals surface area contributed by atoms with Gasteiger partial charge in [-0.1, -0.05) is 26.0 Å². The predicted octanol–water partition coefficient (Wildman–Crippen LogP) is 3.78. The second-order valence-electron chi connectivity index (χ2n) is 10.1. The van der Waals surface area contributed by atoms with E-state index in [2.05, 4.69) is 5.32 Å². The van der Waals surface area contributed by atoms with Gasteiger partial charge >= 0.3 is 5.97 Å². The Kier molecular flexibility index (Phi) is 6.09. The van der Waals surface area contributed by atoms with E-state index in [0.29, 0.717) is 29.1 Å². The van der Waals surface area contributed by atoms with Crippen LogP contribution in [-0.2, 0) is 14.3 Å². The number of nitrogens with one attached hydrogen (secondary N) is 1. The van der Waals surface area contributed by atoms with Gasteiger partial charge in [0, 0.05) is 5.41 Å². The molecule has 4 fully saturated rings.